The molecule has 19 heavy (non-hydrogen) atoms. The zero-order valence-corrected chi connectivity index (χ0v) is 10.3. The molecule has 1 saturated heterocycles. The molecule has 104 valence electrons. The summed E-state index contributed by atoms with van der Waals surface area (Å²) in [6.07, 6.45) is 0.872. The van der Waals surface area contributed by atoms with Crippen LogP contribution in [0.15, 0.2) is 0 Å². The first-order valence-corrected chi connectivity index (χ1v) is 6.14. The molecule has 3 N–H and O–H groups in total. The number of piperidine rings is 1. The van der Waals surface area contributed by atoms with Crippen LogP contribution in [0.1, 0.15) is 38.5 Å². The molecule has 2 fully saturated rings. The van der Waals surface area contributed by atoms with E-state index in [-0.39, 0.29) is 25.7 Å². The van der Waals surface area contributed by atoms with Crippen molar-refractivity contribution in [3.05, 3.63) is 0 Å². The summed E-state index contributed by atoms with van der Waals surface area (Å²) in [5.74, 6) is -4.10. The summed E-state index contributed by atoms with van der Waals surface area (Å²) in [4.78, 5) is 46.3. The van der Waals surface area contributed by atoms with Gasteiger partial charge in [-0.1, -0.05) is 12.8 Å². The van der Waals surface area contributed by atoms with Gasteiger partial charge in [0.25, 0.3) is 0 Å². The maximum atomic E-state index is 11.6. The molecule has 1 saturated carbocycles. The van der Waals surface area contributed by atoms with Crippen LogP contribution in [0.4, 0.5) is 0 Å². The maximum absolute atomic E-state index is 11.6. The van der Waals surface area contributed by atoms with Crippen molar-refractivity contribution in [1.82, 2.24) is 5.32 Å². The highest BCUT2D eigenvalue weighted by Gasteiger charge is 2.65. The highest BCUT2D eigenvalue weighted by molar-refractivity contribution is 6.04. The van der Waals surface area contributed by atoms with Crippen LogP contribution in [0.2, 0.25) is 0 Å². The number of amides is 2. The molecule has 0 unspecified atom stereocenters. The Hall–Kier alpha value is -1.92. The van der Waals surface area contributed by atoms with Crippen LogP contribution in [0.3, 0.4) is 0 Å². The number of aliphatic carboxylic acids is 2. The van der Waals surface area contributed by atoms with Gasteiger partial charge in [0.1, 0.15) is 0 Å². The number of hydrogen-bond acceptors (Lipinski definition) is 4. The molecule has 0 atom stereocenters. The molecule has 0 radical (unpaired) electrons. The lowest BCUT2D eigenvalue weighted by molar-refractivity contribution is -0.184. The van der Waals surface area contributed by atoms with Gasteiger partial charge in [0.15, 0.2) is 5.41 Å². The van der Waals surface area contributed by atoms with E-state index >= 15 is 0 Å². The van der Waals surface area contributed by atoms with Crippen LogP contribution in [-0.4, -0.2) is 34.0 Å². The second-order valence-corrected chi connectivity index (χ2v) is 5.33. The third kappa shape index (κ3) is 1.80. The van der Waals surface area contributed by atoms with Gasteiger partial charge < -0.3 is 10.2 Å². The third-order valence-corrected chi connectivity index (χ3v) is 4.37. The summed E-state index contributed by atoms with van der Waals surface area (Å²) in [5, 5.41) is 21.0. The lowest BCUT2D eigenvalue weighted by Gasteiger charge is -2.49. The largest absolute Gasteiger partial charge is 0.480 e. The first-order valence-electron chi connectivity index (χ1n) is 6.14. The topological polar surface area (TPSA) is 121 Å². The Labute approximate surface area is 109 Å². The van der Waals surface area contributed by atoms with Crippen LogP contribution >= 0.6 is 0 Å². The molecule has 1 aliphatic carbocycles. The SMILES string of the molecule is O=C1CC2(CCCCC2(C(=O)O)C(=O)O)CC(=O)N1. The number of imide groups is 1. The predicted molar refractivity (Wildman–Crippen MR) is 61.0 cm³/mol. The van der Waals surface area contributed by atoms with Gasteiger partial charge in [0, 0.05) is 18.3 Å². The van der Waals surface area contributed by atoms with E-state index in [0.29, 0.717) is 12.8 Å². The molecule has 7 nitrogen and oxygen atoms in total. The van der Waals surface area contributed by atoms with Crippen LogP contribution < -0.4 is 5.32 Å². The van der Waals surface area contributed by atoms with Gasteiger partial charge in [-0.15, -0.1) is 0 Å². The predicted octanol–water partition coefficient (Wildman–Crippen LogP) is 0.139. The van der Waals surface area contributed by atoms with Crippen LogP contribution in [0, 0.1) is 10.8 Å². The molecule has 0 aromatic rings. The number of carboxylic acids is 2. The molecule has 1 heterocycles. The minimum atomic E-state index is -2.04. The number of hydrogen-bond donors (Lipinski definition) is 3. The Morgan fingerprint density at radius 1 is 0.947 bits per heavy atom. The fourth-order valence-electron chi connectivity index (χ4n) is 3.49. The van der Waals surface area contributed by atoms with Gasteiger partial charge in [0.2, 0.25) is 11.8 Å². The summed E-state index contributed by atoms with van der Waals surface area (Å²) in [6, 6.07) is 0. The molecule has 2 aliphatic rings. The normalized spacial score (nSPS) is 24.8. The summed E-state index contributed by atoms with van der Waals surface area (Å²) < 4.78 is 0. The summed E-state index contributed by atoms with van der Waals surface area (Å²) >= 11 is 0. The van der Waals surface area contributed by atoms with Gasteiger partial charge >= 0.3 is 11.9 Å². The van der Waals surface area contributed by atoms with Gasteiger partial charge in [-0.3, -0.25) is 24.5 Å². The van der Waals surface area contributed by atoms with Gasteiger partial charge in [-0.25, -0.2) is 0 Å². The van der Waals surface area contributed by atoms with Crippen LogP contribution in [-0.2, 0) is 19.2 Å². The van der Waals surface area contributed by atoms with E-state index in [1.54, 1.807) is 0 Å². The van der Waals surface area contributed by atoms with Gasteiger partial charge in [0.05, 0.1) is 0 Å². The molecule has 2 amide bonds. The van der Waals surface area contributed by atoms with Crippen molar-refractivity contribution in [3.63, 3.8) is 0 Å². The van der Waals surface area contributed by atoms with Crippen molar-refractivity contribution >= 4 is 23.8 Å². The summed E-state index contributed by atoms with van der Waals surface area (Å²) in [5.41, 5.74) is -3.35. The van der Waals surface area contributed by atoms with Crippen molar-refractivity contribution in [2.75, 3.05) is 0 Å². The third-order valence-electron chi connectivity index (χ3n) is 4.37. The molecular formula is C12H15NO6. The van der Waals surface area contributed by atoms with Gasteiger partial charge in [-0.2, -0.15) is 0 Å². The van der Waals surface area contributed by atoms with Crippen molar-refractivity contribution in [2.45, 2.75) is 38.5 Å². The smallest absolute Gasteiger partial charge is 0.321 e. The second kappa shape index (κ2) is 4.32. The average Bonchev–Trinajstić information content (AvgIpc) is 2.26. The average molecular weight is 269 g/mol. The summed E-state index contributed by atoms with van der Waals surface area (Å²) in [6.45, 7) is 0. The van der Waals surface area contributed by atoms with Crippen molar-refractivity contribution in [1.29, 1.82) is 0 Å². The van der Waals surface area contributed by atoms with Crippen LogP contribution in [0.25, 0.3) is 0 Å². The molecule has 2 rings (SSSR count). The van der Waals surface area contributed by atoms with E-state index in [2.05, 4.69) is 5.32 Å². The maximum Gasteiger partial charge on any atom is 0.321 e. The van der Waals surface area contributed by atoms with Crippen LogP contribution in [0.5, 0.6) is 0 Å². The van der Waals surface area contributed by atoms with E-state index in [1.165, 1.54) is 0 Å². The standard InChI is InChI=1S/C12H15NO6/c14-7-5-11(6-8(15)13-7)3-1-2-4-12(11,9(16)17)10(18)19/h1-6H2,(H,16,17)(H,18,19)(H,13,14,15). The fraction of sp³-hybridized carbons (Fsp3) is 0.667. The highest BCUT2D eigenvalue weighted by Crippen LogP contribution is 2.56. The Kier molecular flexibility index (Phi) is 3.07. The lowest BCUT2D eigenvalue weighted by Crippen LogP contribution is -2.60. The number of rotatable bonds is 2. The first-order chi connectivity index (χ1) is 8.84. The number of carbonyl (C=O) groups is 4. The Morgan fingerprint density at radius 2 is 1.42 bits per heavy atom. The molecule has 1 aliphatic heterocycles. The van der Waals surface area contributed by atoms with E-state index in [0.717, 1.165) is 0 Å². The fourth-order valence-corrected chi connectivity index (χ4v) is 3.49. The summed E-state index contributed by atoms with van der Waals surface area (Å²) in [7, 11) is 0. The first kappa shape index (κ1) is 13.5. The molecule has 0 aromatic heterocycles. The molecule has 7 heteroatoms. The number of carboxylic acid groups (broad SMARTS) is 2. The van der Waals surface area contributed by atoms with Gasteiger partial charge in [-0.05, 0) is 12.8 Å². The molecule has 1 spiro atoms. The molecule has 0 bridgehead atoms. The Bertz CT molecular complexity index is 439. The van der Waals surface area contributed by atoms with E-state index in [9.17, 15) is 29.4 Å². The minimum absolute atomic E-state index is 0.0434. The zero-order chi connectivity index (χ0) is 14.3. The minimum Gasteiger partial charge on any atom is -0.480 e. The van der Waals surface area contributed by atoms with Crippen molar-refractivity contribution < 1.29 is 29.4 Å². The molecular weight excluding hydrogens is 254 g/mol. The lowest BCUT2D eigenvalue weighted by atomic mass is 9.52. The quantitative estimate of drug-likeness (QED) is 0.484. The van der Waals surface area contributed by atoms with E-state index in [4.69, 9.17) is 0 Å². The van der Waals surface area contributed by atoms with E-state index in [1.807, 2.05) is 0 Å². The second-order valence-electron chi connectivity index (χ2n) is 5.33. The molecule has 0 aromatic carbocycles. The highest BCUT2D eigenvalue weighted by atomic mass is 16.4. The Balaban J connectivity index is 2.55. The zero-order valence-electron chi connectivity index (χ0n) is 10.3. The monoisotopic (exact) mass is 269 g/mol. The number of carbonyl (C=O) groups excluding carboxylic acids is 2. The van der Waals surface area contributed by atoms with Crippen molar-refractivity contribution in [3.8, 4) is 0 Å². The van der Waals surface area contributed by atoms with E-state index < -0.39 is 34.6 Å². The van der Waals surface area contributed by atoms with Crippen molar-refractivity contribution in [2.24, 2.45) is 10.8 Å². The number of nitrogens with one attached hydrogen (secondary N) is 1. The Morgan fingerprint density at radius 3 is 1.89 bits per heavy atom.